The van der Waals surface area contributed by atoms with Crippen molar-refractivity contribution in [2.75, 3.05) is 0 Å². The summed E-state index contributed by atoms with van der Waals surface area (Å²) < 4.78 is 5.52. The van der Waals surface area contributed by atoms with Crippen LogP contribution in [-0.2, 0) is 4.74 Å². The van der Waals surface area contributed by atoms with E-state index in [4.69, 9.17) is 10.5 Å². The maximum atomic E-state index is 5.90. The van der Waals surface area contributed by atoms with Crippen LogP contribution in [0.2, 0.25) is 0 Å². The Kier molecular flexibility index (Phi) is 0.958. The average Bonchev–Trinajstić information content (AvgIpc) is 2.66. The molecular formula is C9H13NO. The smallest absolute Gasteiger partial charge is 0.0913 e. The summed E-state index contributed by atoms with van der Waals surface area (Å²) in [7, 11) is 0. The Bertz CT molecular complexity index is 206. The lowest BCUT2D eigenvalue weighted by Gasteiger charge is -2.29. The second kappa shape index (κ2) is 1.70. The van der Waals surface area contributed by atoms with E-state index in [9.17, 15) is 0 Å². The standard InChI is InChI=1S/C9H13NO/c1-4-6-2-5(10)3-7(4)9-8(6)11-9/h5-9H,1-3,10H2/t5-,6+,7-,8-,9+. The van der Waals surface area contributed by atoms with Crippen molar-refractivity contribution in [3.63, 3.8) is 0 Å². The van der Waals surface area contributed by atoms with Crippen molar-refractivity contribution in [1.82, 2.24) is 0 Å². The van der Waals surface area contributed by atoms with Gasteiger partial charge in [-0.2, -0.15) is 0 Å². The third kappa shape index (κ3) is 0.644. The molecule has 2 nitrogen and oxygen atoms in total. The highest BCUT2D eigenvalue weighted by Gasteiger charge is 2.60. The Morgan fingerprint density at radius 2 is 1.82 bits per heavy atom. The van der Waals surface area contributed by atoms with Gasteiger partial charge in [0.15, 0.2) is 0 Å². The summed E-state index contributed by atoms with van der Waals surface area (Å²) in [5, 5.41) is 0. The molecule has 1 saturated heterocycles. The van der Waals surface area contributed by atoms with E-state index < -0.39 is 0 Å². The Hall–Kier alpha value is -0.340. The molecule has 3 rings (SSSR count). The average molecular weight is 151 g/mol. The van der Waals surface area contributed by atoms with Crippen LogP contribution in [0.4, 0.5) is 0 Å². The molecule has 1 heterocycles. The van der Waals surface area contributed by atoms with Gasteiger partial charge in [0.25, 0.3) is 0 Å². The van der Waals surface area contributed by atoms with Crippen molar-refractivity contribution < 1.29 is 4.74 Å². The first kappa shape index (κ1) is 6.21. The second-order valence-corrected chi connectivity index (χ2v) is 4.08. The van der Waals surface area contributed by atoms with Gasteiger partial charge in [-0.1, -0.05) is 12.2 Å². The Balaban J connectivity index is 1.95. The van der Waals surface area contributed by atoms with Crippen LogP contribution >= 0.6 is 0 Å². The molecule has 11 heavy (non-hydrogen) atoms. The van der Waals surface area contributed by atoms with E-state index in [0.717, 1.165) is 12.8 Å². The van der Waals surface area contributed by atoms with Crippen LogP contribution in [-0.4, -0.2) is 18.2 Å². The van der Waals surface area contributed by atoms with Crippen LogP contribution in [0, 0.1) is 11.8 Å². The Morgan fingerprint density at radius 3 is 2.36 bits per heavy atom. The number of nitrogens with two attached hydrogens (primary N) is 1. The molecule has 2 aliphatic carbocycles. The molecule has 1 aliphatic heterocycles. The lowest BCUT2D eigenvalue weighted by Crippen LogP contribution is -2.33. The fraction of sp³-hybridized carbons (Fsp3) is 0.778. The van der Waals surface area contributed by atoms with Crippen molar-refractivity contribution in [3.05, 3.63) is 12.2 Å². The molecule has 0 aromatic carbocycles. The van der Waals surface area contributed by atoms with Gasteiger partial charge < -0.3 is 10.5 Å². The maximum Gasteiger partial charge on any atom is 0.0913 e. The third-order valence-corrected chi connectivity index (χ3v) is 3.42. The van der Waals surface area contributed by atoms with Gasteiger partial charge in [0.05, 0.1) is 12.2 Å². The quantitative estimate of drug-likeness (QED) is 0.408. The molecule has 5 atom stereocenters. The van der Waals surface area contributed by atoms with Crippen molar-refractivity contribution in [2.24, 2.45) is 17.6 Å². The summed E-state index contributed by atoms with van der Waals surface area (Å²) >= 11 is 0. The van der Waals surface area contributed by atoms with Crippen LogP contribution in [0.3, 0.4) is 0 Å². The van der Waals surface area contributed by atoms with Gasteiger partial charge in [0, 0.05) is 17.9 Å². The topological polar surface area (TPSA) is 38.5 Å². The number of ether oxygens (including phenoxy) is 1. The molecule has 3 fully saturated rings. The molecular weight excluding hydrogens is 138 g/mol. The van der Waals surface area contributed by atoms with Gasteiger partial charge in [-0.3, -0.25) is 0 Å². The van der Waals surface area contributed by atoms with Gasteiger partial charge in [-0.05, 0) is 12.8 Å². The molecule has 3 aliphatic rings. The molecule has 0 amide bonds. The molecule has 60 valence electrons. The van der Waals surface area contributed by atoms with E-state index in [1.54, 1.807) is 0 Å². The lowest BCUT2D eigenvalue weighted by molar-refractivity contribution is 0.214. The minimum absolute atomic E-state index is 0.409. The summed E-state index contributed by atoms with van der Waals surface area (Å²) in [4.78, 5) is 0. The highest BCUT2D eigenvalue weighted by Crippen LogP contribution is 2.56. The van der Waals surface area contributed by atoms with Crippen LogP contribution in [0.15, 0.2) is 12.2 Å². The van der Waals surface area contributed by atoms with E-state index in [1.165, 1.54) is 5.57 Å². The van der Waals surface area contributed by atoms with E-state index in [0.29, 0.717) is 30.1 Å². The molecule has 2 bridgehead atoms. The van der Waals surface area contributed by atoms with E-state index >= 15 is 0 Å². The SMILES string of the molecule is C=C1[C@H]2C[C@H](N)C[C@@H]1[C@H]1O[C@H]12. The molecule has 0 unspecified atom stereocenters. The molecule has 2 heteroatoms. The monoisotopic (exact) mass is 151 g/mol. The summed E-state index contributed by atoms with van der Waals surface area (Å²) in [5.74, 6) is 1.21. The third-order valence-electron chi connectivity index (χ3n) is 3.42. The fourth-order valence-corrected chi connectivity index (χ4v) is 2.80. The van der Waals surface area contributed by atoms with E-state index in [-0.39, 0.29) is 0 Å². The van der Waals surface area contributed by atoms with E-state index in [2.05, 4.69) is 6.58 Å². The van der Waals surface area contributed by atoms with Gasteiger partial charge in [0.1, 0.15) is 0 Å². The maximum absolute atomic E-state index is 5.90. The predicted molar refractivity (Wildman–Crippen MR) is 42.0 cm³/mol. The largest absolute Gasteiger partial charge is 0.368 e. The number of hydrogen-bond acceptors (Lipinski definition) is 2. The molecule has 2 N–H and O–H groups in total. The summed E-state index contributed by atoms with van der Waals surface area (Å²) in [6.07, 6.45) is 3.24. The Labute approximate surface area is 66.4 Å². The zero-order chi connectivity index (χ0) is 7.59. The minimum Gasteiger partial charge on any atom is -0.368 e. The van der Waals surface area contributed by atoms with Crippen molar-refractivity contribution >= 4 is 0 Å². The summed E-state index contributed by atoms with van der Waals surface area (Å²) in [6.45, 7) is 4.12. The van der Waals surface area contributed by atoms with Crippen molar-refractivity contribution in [3.8, 4) is 0 Å². The Morgan fingerprint density at radius 1 is 1.27 bits per heavy atom. The summed E-state index contributed by atoms with van der Waals surface area (Å²) in [5.41, 5.74) is 7.33. The minimum atomic E-state index is 0.409. The molecule has 0 spiro atoms. The second-order valence-electron chi connectivity index (χ2n) is 4.08. The number of hydrogen-bond donors (Lipinski definition) is 1. The van der Waals surface area contributed by atoms with E-state index in [1.807, 2.05) is 0 Å². The van der Waals surface area contributed by atoms with Gasteiger partial charge in [-0.15, -0.1) is 0 Å². The molecule has 0 radical (unpaired) electrons. The summed E-state index contributed by atoms with van der Waals surface area (Å²) in [6, 6.07) is 0.409. The number of rotatable bonds is 0. The van der Waals surface area contributed by atoms with Crippen LogP contribution in [0.1, 0.15) is 12.8 Å². The normalized spacial score (nSPS) is 59.4. The van der Waals surface area contributed by atoms with Crippen molar-refractivity contribution in [2.45, 2.75) is 31.1 Å². The zero-order valence-corrected chi connectivity index (χ0v) is 6.49. The molecule has 0 aromatic rings. The zero-order valence-electron chi connectivity index (χ0n) is 6.49. The first-order chi connectivity index (χ1) is 5.27. The van der Waals surface area contributed by atoms with Crippen LogP contribution in [0.25, 0.3) is 0 Å². The number of epoxide rings is 1. The molecule has 0 aromatic heterocycles. The number of fused-ring (bicyclic) bond motifs is 5. The first-order valence-corrected chi connectivity index (χ1v) is 4.37. The van der Waals surface area contributed by atoms with Gasteiger partial charge in [-0.25, -0.2) is 0 Å². The predicted octanol–water partition coefficient (Wildman–Crippen LogP) is 0.677. The van der Waals surface area contributed by atoms with Gasteiger partial charge in [0.2, 0.25) is 0 Å². The van der Waals surface area contributed by atoms with Crippen LogP contribution in [0.5, 0.6) is 0 Å². The highest BCUT2D eigenvalue weighted by atomic mass is 16.6. The fourth-order valence-electron chi connectivity index (χ4n) is 2.80. The van der Waals surface area contributed by atoms with Gasteiger partial charge >= 0.3 is 0 Å². The highest BCUT2D eigenvalue weighted by molar-refractivity contribution is 5.28. The van der Waals surface area contributed by atoms with Crippen molar-refractivity contribution in [1.29, 1.82) is 0 Å². The first-order valence-electron chi connectivity index (χ1n) is 4.37. The lowest BCUT2D eigenvalue weighted by atomic mass is 9.81. The van der Waals surface area contributed by atoms with Crippen LogP contribution < -0.4 is 5.73 Å². The molecule has 2 saturated carbocycles.